The molecule has 0 aliphatic carbocycles. The molecule has 0 unspecified atom stereocenters. The van der Waals surface area contributed by atoms with E-state index in [4.69, 9.17) is 17.3 Å². The molecule has 0 fully saturated rings. The molecule has 0 aromatic heterocycles. The molecule has 2 aromatic rings. The number of halogens is 1. The number of hydrogen-bond donors (Lipinski definition) is 1. The summed E-state index contributed by atoms with van der Waals surface area (Å²) < 4.78 is 0. The van der Waals surface area contributed by atoms with Crippen LogP contribution in [0.3, 0.4) is 0 Å². The molecule has 1 nitrogen and oxygen atoms in total. The highest BCUT2D eigenvalue weighted by Crippen LogP contribution is 2.34. The Balaban J connectivity index is 2.21. The highest BCUT2D eigenvalue weighted by molar-refractivity contribution is 7.99. The van der Waals surface area contributed by atoms with Gasteiger partial charge < -0.3 is 5.73 Å². The molecule has 0 amide bonds. The maximum atomic E-state index is 6.24. The molecule has 0 saturated carbocycles. The van der Waals surface area contributed by atoms with Crippen molar-refractivity contribution in [1.82, 2.24) is 0 Å². The summed E-state index contributed by atoms with van der Waals surface area (Å²) in [4.78, 5) is 2.22. The Morgan fingerprint density at radius 3 is 2.41 bits per heavy atom. The lowest BCUT2D eigenvalue weighted by Gasteiger charge is -2.06. The topological polar surface area (TPSA) is 26.0 Å². The van der Waals surface area contributed by atoms with Gasteiger partial charge in [0, 0.05) is 15.5 Å². The minimum Gasteiger partial charge on any atom is -0.399 e. The Labute approximate surface area is 111 Å². The summed E-state index contributed by atoms with van der Waals surface area (Å²) in [6.07, 6.45) is 1.01. The molecule has 2 rings (SSSR count). The van der Waals surface area contributed by atoms with Gasteiger partial charge in [-0.1, -0.05) is 36.4 Å². The molecule has 0 atom stereocenters. The van der Waals surface area contributed by atoms with E-state index in [1.807, 2.05) is 30.3 Å². The highest BCUT2D eigenvalue weighted by atomic mass is 35.5. The smallest absolute Gasteiger partial charge is 0.0548 e. The average Bonchev–Trinajstić information content (AvgIpc) is 2.34. The first-order chi connectivity index (χ1) is 8.19. The summed E-state index contributed by atoms with van der Waals surface area (Å²) >= 11 is 7.90. The molecule has 0 heterocycles. The maximum Gasteiger partial charge on any atom is 0.0548 e. The van der Waals surface area contributed by atoms with Crippen LogP contribution in [0, 0.1) is 0 Å². The molecule has 0 spiro atoms. The van der Waals surface area contributed by atoms with Crippen LogP contribution in [0.15, 0.2) is 52.3 Å². The molecule has 3 heteroatoms. The molecule has 0 bridgehead atoms. The third-order valence-corrected chi connectivity index (χ3v) is 4.02. The molecular formula is C14H14ClNS. The van der Waals surface area contributed by atoms with E-state index in [-0.39, 0.29) is 0 Å². The van der Waals surface area contributed by atoms with Gasteiger partial charge in [-0.2, -0.15) is 0 Å². The monoisotopic (exact) mass is 263 g/mol. The first kappa shape index (κ1) is 12.3. The number of anilines is 1. The highest BCUT2D eigenvalue weighted by Gasteiger charge is 2.03. The molecule has 0 radical (unpaired) electrons. The van der Waals surface area contributed by atoms with Crippen molar-refractivity contribution >= 4 is 29.1 Å². The van der Waals surface area contributed by atoms with Crippen LogP contribution in [-0.4, -0.2) is 0 Å². The lowest BCUT2D eigenvalue weighted by atomic mass is 10.2. The minimum atomic E-state index is 0.779. The van der Waals surface area contributed by atoms with E-state index < -0.39 is 0 Å². The first-order valence-corrected chi connectivity index (χ1v) is 6.70. The van der Waals surface area contributed by atoms with E-state index in [1.54, 1.807) is 11.8 Å². The molecule has 2 N–H and O–H groups in total. The van der Waals surface area contributed by atoms with Crippen LogP contribution in [0.1, 0.15) is 12.5 Å². The van der Waals surface area contributed by atoms with Crippen LogP contribution in [-0.2, 0) is 6.42 Å². The van der Waals surface area contributed by atoms with Gasteiger partial charge in [-0.05, 0) is 48.4 Å². The largest absolute Gasteiger partial charge is 0.399 e. The Hall–Kier alpha value is -1.12. The summed E-state index contributed by atoms with van der Waals surface area (Å²) in [5, 5.41) is 0.811. The fraction of sp³-hybridized carbons (Fsp3) is 0.143. The second kappa shape index (κ2) is 5.48. The lowest BCUT2D eigenvalue weighted by molar-refractivity contribution is 1.13. The minimum absolute atomic E-state index is 0.779. The second-order valence-electron chi connectivity index (χ2n) is 3.79. The Morgan fingerprint density at radius 2 is 1.82 bits per heavy atom. The van der Waals surface area contributed by atoms with Crippen LogP contribution >= 0.6 is 23.4 Å². The molecule has 17 heavy (non-hydrogen) atoms. The van der Waals surface area contributed by atoms with Gasteiger partial charge in [0.2, 0.25) is 0 Å². The van der Waals surface area contributed by atoms with Gasteiger partial charge in [0.05, 0.1) is 5.02 Å². The second-order valence-corrected chi connectivity index (χ2v) is 5.31. The summed E-state index contributed by atoms with van der Waals surface area (Å²) in [7, 11) is 0. The fourth-order valence-electron chi connectivity index (χ4n) is 1.51. The van der Waals surface area contributed by atoms with Gasteiger partial charge >= 0.3 is 0 Å². The summed E-state index contributed by atoms with van der Waals surface area (Å²) in [5.41, 5.74) is 7.69. The van der Waals surface area contributed by atoms with E-state index in [2.05, 4.69) is 19.1 Å². The van der Waals surface area contributed by atoms with Crippen LogP contribution < -0.4 is 5.73 Å². The average molecular weight is 264 g/mol. The molecule has 0 aliphatic rings. The Bertz CT molecular complexity index is 508. The van der Waals surface area contributed by atoms with Crippen LogP contribution in [0.4, 0.5) is 5.69 Å². The Morgan fingerprint density at radius 1 is 1.12 bits per heavy atom. The molecule has 2 aromatic carbocycles. The summed E-state index contributed by atoms with van der Waals surface area (Å²) in [6.45, 7) is 2.12. The number of nitrogen functional groups attached to an aromatic ring is 1. The van der Waals surface area contributed by atoms with Crippen molar-refractivity contribution in [1.29, 1.82) is 0 Å². The van der Waals surface area contributed by atoms with Crippen molar-refractivity contribution in [2.24, 2.45) is 0 Å². The quantitative estimate of drug-likeness (QED) is 0.817. The maximum absolute atomic E-state index is 6.24. The van der Waals surface area contributed by atoms with Gasteiger partial charge in [0.1, 0.15) is 0 Å². The third kappa shape index (κ3) is 3.18. The van der Waals surface area contributed by atoms with E-state index in [9.17, 15) is 0 Å². The van der Waals surface area contributed by atoms with Gasteiger partial charge in [0.15, 0.2) is 0 Å². The predicted octanol–water partition coefficient (Wildman–Crippen LogP) is 4.64. The molecule has 0 saturated heterocycles. The normalized spacial score (nSPS) is 10.5. The van der Waals surface area contributed by atoms with Crippen molar-refractivity contribution in [3.8, 4) is 0 Å². The molecular weight excluding hydrogens is 250 g/mol. The van der Waals surface area contributed by atoms with Gasteiger partial charge in [-0.15, -0.1) is 0 Å². The van der Waals surface area contributed by atoms with Crippen LogP contribution in [0.25, 0.3) is 0 Å². The number of nitrogens with two attached hydrogens (primary N) is 1. The zero-order chi connectivity index (χ0) is 12.3. The number of rotatable bonds is 3. The third-order valence-electron chi connectivity index (χ3n) is 2.51. The van der Waals surface area contributed by atoms with Crippen LogP contribution in [0.5, 0.6) is 0 Å². The van der Waals surface area contributed by atoms with Crippen molar-refractivity contribution in [3.05, 3.63) is 53.1 Å². The standard InChI is InChI=1S/C14H14ClNS/c1-2-10-3-8-14(13(15)9-10)17-12-6-4-11(16)5-7-12/h3-9H,2,16H2,1H3. The van der Waals surface area contributed by atoms with Gasteiger partial charge in [-0.25, -0.2) is 0 Å². The molecule has 88 valence electrons. The van der Waals surface area contributed by atoms with Gasteiger partial charge in [-0.3, -0.25) is 0 Å². The number of aryl methyl sites for hydroxylation is 1. The van der Waals surface area contributed by atoms with E-state index >= 15 is 0 Å². The number of benzene rings is 2. The summed E-state index contributed by atoms with van der Waals surface area (Å²) in [5.74, 6) is 0. The van der Waals surface area contributed by atoms with Crippen molar-refractivity contribution in [2.45, 2.75) is 23.1 Å². The number of hydrogen-bond acceptors (Lipinski definition) is 2. The lowest BCUT2D eigenvalue weighted by Crippen LogP contribution is -1.84. The summed E-state index contributed by atoms with van der Waals surface area (Å²) in [6, 6.07) is 14.0. The molecule has 0 aliphatic heterocycles. The fourth-order valence-corrected chi connectivity index (χ4v) is 2.65. The van der Waals surface area contributed by atoms with Crippen molar-refractivity contribution in [2.75, 3.05) is 5.73 Å². The SMILES string of the molecule is CCc1ccc(Sc2ccc(N)cc2)c(Cl)c1. The predicted molar refractivity (Wildman–Crippen MR) is 75.8 cm³/mol. The zero-order valence-electron chi connectivity index (χ0n) is 9.61. The van der Waals surface area contributed by atoms with E-state index in [1.165, 1.54) is 5.56 Å². The van der Waals surface area contributed by atoms with Crippen molar-refractivity contribution < 1.29 is 0 Å². The van der Waals surface area contributed by atoms with Crippen molar-refractivity contribution in [3.63, 3.8) is 0 Å². The Kier molecular flexibility index (Phi) is 3.97. The van der Waals surface area contributed by atoms with Gasteiger partial charge in [0.25, 0.3) is 0 Å². The van der Waals surface area contributed by atoms with E-state index in [0.29, 0.717) is 0 Å². The first-order valence-electron chi connectivity index (χ1n) is 5.51. The van der Waals surface area contributed by atoms with E-state index in [0.717, 1.165) is 26.9 Å². The zero-order valence-corrected chi connectivity index (χ0v) is 11.2. The van der Waals surface area contributed by atoms with Crippen LogP contribution in [0.2, 0.25) is 5.02 Å².